The van der Waals surface area contributed by atoms with Crippen LogP contribution in [0, 0.1) is 5.92 Å². The van der Waals surface area contributed by atoms with Crippen molar-refractivity contribution >= 4 is 11.6 Å². The molecule has 1 amide bonds. The standard InChI is InChI=1S/C13H21N3O/c1-4-9(2)7-10(3)16-13(17)12-8-11(14)5-6-15-12/h5-6,8-10H,4,7H2,1-3H3,(H2,14,15)(H,16,17). The van der Waals surface area contributed by atoms with Crippen molar-refractivity contribution in [3.63, 3.8) is 0 Å². The zero-order chi connectivity index (χ0) is 12.8. The zero-order valence-electron chi connectivity index (χ0n) is 10.7. The summed E-state index contributed by atoms with van der Waals surface area (Å²) in [6.07, 6.45) is 3.64. The molecule has 1 heterocycles. The molecule has 4 nitrogen and oxygen atoms in total. The van der Waals surface area contributed by atoms with Crippen LogP contribution in [0.2, 0.25) is 0 Å². The summed E-state index contributed by atoms with van der Waals surface area (Å²) in [7, 11) is 0. The fourth-order valence-corrected chi connectivity index (χ4v) is 1.70. The van der Waals surface area contributed by atoms with E-state index in [0.717, 1.165) is 12.8 Å². The average molecular weight is 235 g/mol. The Morgan fingerprint density at radius 3 is 2.82 bits per heavy atom. The molecule has 0 saturated heterocycles. The molecular weight excluding hydrogens is 214 g/mol. The molecule has 4 heteroatoms. The monoisotopic (exact) mass is 235 g/mol. The molecule has 17 heavy (non-hydrogen) atoms. The number of pyridine rings is 1. The van der Waals surface area contributed by atoms with Gasteiger partial charge in [-0.05, 0) is 31.4 Å². The predicted molar refractivity (Wildman–Crippen MR) is 69.6 cm³/mol. The third-order valence-electron chi connectivity index (χ3n) is 2.85. The third kappa shape index (κ3) is 4.43. The lowest BCUT2D eigenvalue weighted by atomic mass is 10.0. The molecule has 1 aromatic rings. The highest BCUT2D eigenvalue weighted by Gasteiger charge is 2.12. The van der Waals surface area contributed by atoms with Gasteiger partial charge in [-0.1, -0.05) is 20.3 Å². The van der Waals surface area contributed by atoms with E-state index >= 15 is 0 Å². The summed E-state index contributed by atoms with van der Waals surface area (Å²) < 4.78 is 0. The molecule has 0 fully saturated rings. The number of amides is 1. The van der Waals surface area contributed by atoms with E-state index < -0.39 is 0 Å². The van der Waals surface area contributed by atoms with Gasteiger partial charge in [-0.2, -0.15) is 0 Å². The number of rotatable bonds is 5. The Labute approximate surface area is 103 Å². The van der Waals surface area contributed by atoms with E-state index in [-0.39, 0.29) is 11.9 Å². The van der Waals surface area contributed by atoms with Gasteiger partial charge in [0.25, 0.3) is 5.91 Å². The van der Waals surface area contributed by atoms with Gasteiger partial charge >= 0.3 is 0 Å². The number of hydrogen-bond donors (Lipinski definition) is 2. The molecule has 1 aromatic heterocycles. The van der Waals surface area contributed by atoms with Crippen LogP contribution in [0.3, 0.4) is 0 Å². The number of nitrogens with two attached hydrogens (primary N) is 1. The molecule has 3 N–H and O–H groups in total. The molecule has 0 aliphatic heterocycles. The van der Waals surface area contributed by atoms with Crippen LogP contribution in [0.25, 0.3) is 0 Å². The quantitative estimate of drug-likeness (QED) is 0.822. The normalized spacial score (nSPS) is 14.1. The van der Waals surface area contributed by atoms with Crippen LogP contribution < -0.4 is 11.1 Å². The van der Waals surface area contributed by atoms with E-state index in [0.29, 0.717) is 17.3 Å². The highest BCUT2D eigenvalue weighted by molar-refractivity contribution is 5.93. The number of anilines is 1. The van der Waals surface area contributed by atoms with E-state index in [1.807, 2.05) is 6.92 Å². The topological polar surface area (TPSA) is 68.0 Å². The second-order valence-electron chi connectivity index (χ2n) is 4.60. The van der Waals surface area contributed by atoms with Crippen molar-refractivity contribution in [2.24, 2.45) is 5.92 Å². The van der Waals surface area contributed by atoms with Gasteiger partial charge in [0, 0.05) is 17.9 Å². The molecule has 0 aliphatic rings. The Morgan fingerprint density at radius 1 is 1.53 bits per heavy atom. The molecule has 94 valence electrons. The van der Waals surface area contributed by atoms with Gasteiger partial charge in [0.05, 0.1) is 0 Å². The van der Waals surface area contributed by atoms with Crippen molar-refractivity contribution in [1.29, 1.82) is 0 Å². The largest absolute Gasteiger partial charge is 0.399 e. The lowest BCUT2D eigenvalue weighted by Gasteiger charge is -2.17. The SMILES string of the molecule is CCC(C)CC(C)NC(=O)c1cc(N)ccn1. The maximum Gasteiger partial charge on any atom is 0.270 e. The van der Waals surface area contributed by atoms with Gasteiger partial charge in [0.1, 0.15) is 5.69 Å². The lowest BCUT2D eigenvalue weighted by Crippen LogP contribution is -2.34. The van der Waals surface area contributed by atoms with Crippen LogP contribution in [-0.4, -0.2) is 16.9 Å². The van der Waals surface area contributed by atoms with Gasteiger partial charge < -0.3 is 11.1 Å². The predicted octanol–water partition coefficient (Wildman–Crippen LogP) is 2.22. The van der Waals surface area contributed by atoms with Gasteiger partial charge in [0.15, 0.2) is 0 Å². The number of nitrogen functional groups attached to an aromatic ring is 1. The van der Waals surface area contributed by atoms with E-state index in [2.05, 4.69) is 24.1 Å². The molecule has 0 radical (unpaired) electrons. The Hall–Kier alpha value is -1.58. The van der Waals surface area contributed by atoms with E-state index in [9.17, 15) is 4.79 Å². The summed E-state index contributed by atoms with van der Waals surface area (Å²) in [5, 5.41) is 2.93. The fraction of sp³-hybridized carbons (Fsp3) is 0.538. The summed E-state index contributed by atoms with van der Waals surface area (Å²) in [6.45, 7) is 6.34. The Balaban J connectivity index is 2.54. The second-order valence-corrected chi connectivity index (χ2v) is 4.60. The van der Waals surface area contributed by atoms with Crippen molar-refractivity contribution in [2.75, 3.05) is 5.73 Å². The minimum Gasteiger partial charge on any atom is -0.399 e. The summed E-state index contributed by atoms with van der Waals surface area (Å²) in [6, 6.07) is 3.41. The highest BCUT2D eigenvalue weighted by Crippen LogP contribution is 2.10. The molecule has 2 unspecified atom stereocenters. The molecule has 0 aromatic carbocycles. The van der Waals surface area contributed by atoms with Crippen molar-refractivity contribution in [3.05, 3.63) is 24.0 Å². The summed E-state index contributed by atoms with van der Waals surface area (Å²) in [5.74, 6) is 0.451. The number of carbonyl (C=O) groups excluding carboxylic acids is 1. The van der Waals surface area contributed by atoms with Crippen molar-refractivity contribution in [2.45, 2.75) is 39.7 Å². The molecule has 0 spiro atoms. The third-order valence-corrected chi connectivity index (χ3v) is 2.85. The molecule has 0 bridgehead atoms. The zero-order valence-corrected chi connectivity index (χ0v) is 10.7. The van der Waals surface area contributed by atoms with Gasteiger partial charge in [0.2, 0.25) is 0 Å². The van der Waals surface area contributed by atoms with Crippen LogP contribution in [0.4, 0.5) is 5.69 Å². The van der Waals surface area contributed by atoms with Gasteiger partial charge in [-0.15, -0.1) is 0 Å². The Morgan fingerprint density at radius 2 is 2.24 bits per heavy atom. The van der Waals surface area contributed by atoms with Crippen LogP contribution in [-0.2, 0) is 0 Å². The minimum absolute atomic E-state index is 0.153. The van der Waals surface area contributed by atoms with Crippen LogP contribution >= 0.6 is 0 Å². The van der Waals surface area contributed by atoms with Gasteiger partial charge in [-0.25, -0.2) is 0 Å². The number of aromatic nitrogens is 1. The number of nitrogens with one attached hydrogen (secondary N) is 1. The second kappa shape index (κ2) is 6.23. The number of nitrogens with zero attached hydrogens (tertiary/aromatic N) is 1. The first-order chi connectivity index (χ1) is 8.02. The molecular formula is C13H21N3O. The Kier molecular flexibility index (Phi) is 4.94. The molecule has 2 atom stereocenters. The summed E-state index contributed by atoms with van der Waals surface area (Å²) >= 11 is 0. The van der Waals surface area contributed by atoms with Crippen molar-refractivity contribution < 1.29 is 4.79 Å². The Bertz CT molecular complexity index is 379. The first-order valence-electron chi connectivity index (χ1n) is 6.05. The number of carbonyl (C=O) groups is 1. The molecule has 0 saturated carbocycles. The first-order valence-corrected chi connectivity index (χ1v) is 6.05. The van der Waals surface area contributed by atoms with Crippen molar-refractivity contribution in [3.8, 4) is 0 Å². The van der Waals surface area contributed by atoms with E-state index in [4.69, 9.17) is 5.73 Å². The molecule has 0 aliphatic carbocycles. The van der Waals surface area contributed by atoms with Crippen LogP contribution in [0.1, 0.15) is 44.1 Å². The van der Waals surface area contributed by atoms with E-state index in [1.165, 1.54) is 0 Å². The summed E-state index contributed by atoms with van der Waals surface area (Å²) in [5.41, 5.74) is 6.54. The van der Waals surface area contributed by atoms with Gasteiger partial charge in [-0.3, -0.25) is 9.78 Å². The first kappa shape index (κ1) is 13.5. The molecule has 1 rings (SSSR count). The fourth-order valence-electron chi connectivity index (χ4n) is 1.70. The lowest BCUT2D eigenvalue weighted by molar-refractivity contribution is 0.0930. The van der Waals surface area contributed by atoms with E-state index in [1.54, 1.807) is 18.3 Å². The number of hydrogen-bond acceptors (Lipinski definition) is 3. The van der Waals surface area contributed by atoms with Crippen molar-refractivity contribution in [1.82, 2.24) is 10.3 Å². The smallest absolute Gasteiger partial charge is 0.270 e. The average Bonchev–Trinajstić information content (AvgIpc) is 2.28. The summed E-state index contributed by atoms with van der Waals surface area (Å²) in [4.78, 5) is 15.8. The maximum absolute atomic E-state index is 11.8. The van der Waals surface area contributed by atoms with Crippen LogP contribution in [0.15, 0.2) is 18.3 Å². The highest BCUT2D eigenvalue weighted by atomic mass is 16.1. The minimum atomic E-state index is -0.159. The maximum atomic E-state index is 11.8. The van der Waals surface area contributed by atoms with Crippen LogP contribution in [0.5, 0.6) is 0 Å².